The summed E-state index contributed by atoms with van der Waals surface area (Å²) in [6.45, 7) is 4.53. The van der Waals surface area contributed by atoms with Gasteiger partial charge in [0.2, 0.25) is 10.0 Å². The van der Waals surface area contributed by atoms with Crippen molar-refractivity contribution >= 4 is 15.9 Å². The molecule has 1 amide bonds. The van der Waals surface area contributed by atoms with Crippen LogP contribution >= 0.6 is 0 Å². The topological polar surface area (TPSA) is 115 Å². The molecule has 1 atom stereocenters. The van der Waals surface area contributed by atoms with Crippen molar-refractivity contribution in [1.82, 2.24) is 5.32 Å². The van der Waals surface area contributed by atoms with Crippen molar-refractivity contribution in [1.29, 1.82) is 0 Å². The molecule has 0 aliphatic heterocycles. The van der Waals surface area contributed by atoms with Crippen LogP contribution < -0.4 is 16.2 Å². The van der Waals surface area contributed by atoms with E-state index < -0.39 is 15.6 Å². The Morgan fingerprint density at radius 2 is 1.74 bits per heavy atom. The molecule has 1 unspecified atom stereocenters. The fraction of sp³-hybridized carbons (Fsp3) is 0.562. The van der Waals surface area contributed by atoms with Gasteiger partial charge in [-0.15, -0.1) is 0 Å². The lowest BCUT2D eigenvalue weighted by Gasteiger charge is -2.33. The fourth-order valence-corrected chi connectivity index (χ4v) is 3.12. The zero-order valence-electron chi connectivity index (χ0n) is 13.8. The molecule has 130 valence electrons. The molecule has 0 aliphatic rings. The molecule has 0 aromatic heterocycles. The van der Waals surface area contributed by atoms with E-state index in [9.17, 15) is 13.2 Å². The third-order valence-corrected chi connectivity index (χ3v) is 4.88. The van der Waals surface area contributed by atoms with Crippen LogP contribution in [0, 0.1) is 0 Å². The van der Waals surface area contributed by atoms with Crippen molar-refractivity contribution in [2.45, 2.75) is 56.4 Å². The summed E-state index contributed by atoms with van der Waals surface area (Å²) in [6, 6.07) is 5.59. The zero-order chi connectivity index (χ0) is 17.5. The molecule has 0 radical (unpaired) electrons. The second-order valence-electron chi connectivity index (χ2n) is 5.86. The minimum absolute atomic E-state index is 0.0151. The first-order chi connectivity index (χ1) is 10.8. The SMILES string of the molecule is CCCCC(CN)(CCC)NC(=O)c1ccc(S(N)(=O)=O)cc1. The molecule has 0 fully saturated rings. The van der Waals surface area contributed by atoms with Crippen LogP contribution in [-0.2, 0) is 10.0 Å². The number of amides is 1. The standard InChI is InChI=1S/C16H27N3O3S/c1-3-5-11-16(12-17,10-4-2)19-15(20)13-6-8-14(9-7-13)23(18,21)22/h6-9H,3-5,10-12,17H2,1-2H3,(H,19,20)(H2,18,21,22). The normalized spacial score (nSPS) is 14.3. The third kappa shape index (κ3) is 5.60. The molecule has 0 heterocycles. The molecule has 1 rings (SSSR count). The number of hydrogen-bond acceptors (Lipinski definition) is 4. The minimum Gasteiger partial charge on any atom is -0.345 e. The molecule has 1 aromatic rings. The van der Waals surface area contributed by atoms with Gasteiger partial charge in [0.15, 0.2) is 0 Å². The zero-order valence-corrected chi connectivity index (χ0v) is 14.7. The van der Waals surface area contributed by atoms with E-state index in [-0.39, 0.29) is 10.8 Å². The summed E-state index contributed by atoms with van der Waals surface area (Å²) in [5, 5.41) is 8.10. The lowest BCUT2D eigenvalue weighted by molar-refractivity contribution is 0.0887. The van der Waals surface area contributed by atoms with Crippen LogP contribution in [0.5, 0.6) is 0 Å². The second-order valence-corrected chi connectivity index (χ2v) is 7.42. The molecule has 0 saturated carbocycles. The van der Waals surface area contributed by atoms with E-state index in [1.165, 1.54) is 24.3 Å². The summed E-state index contributed by atoms with van der Waals surface area (Å²) in [5.74, 6) is -0.249. The smallest absolute Gasteiger partial charge is 0.251 e. The Balaban J connectivity index is 2.93. The highest BCUT2D eigenvalue weighted by Crippen LogP contribution is 2.21. The molecule has 5 N–H and O–H groups in total. The number of primary sulfonamides is 1. The van der Waals surface area contributed by atoms with Gasteiger partial charge in [0.1, 0.15) is 0 Å². The first kappa shape index (κ1) is 19.6. The van der Waals surface area contributed by atoms with Crippen molar-refractivity contribution in [2.24, 2.45) is 10.9 Å². The number of carbonyl (C=O) groups excluding carboxylic acids is 1. The van der Waals surface area contributed by atoms with Crippen LogP contribution in [0.1, 0.15) is 56.3 Å². The summed E-state index contributed by atoms with van der Waals surface area (Å²) in [6.07, 6.45) is 4.58. The van der Waals surface area contributed by atoms with Crippen molar-refractivity contribution in [3.63, 3.8) is 0 Å². The number of benzene rings is 1. The Morgan fingerprint density at radius 1 is 1.13 bits per heavy atom. The Morgan fingerprint density at radius 3 is 2.17 bits per heavy atom. The molecule has 0 aliphatic carbocycles. The third-order valence-electron chi connectivity index (χ3n) is 3.95. The van der Waals surface area contributed by atoms with Crippen molar-refractivity contribution in [2.75, 3.05) is 6.54 Å². The van der Waals surface area contributed by atoms with Crippen LogP contribution in [0.2, 0.25) is 0 Å². The predicted octanol–water partition coefficient (Wildman–Crippen LogP) is 1.75. The van der Waals surface area contributed by atoms with E-state index in [1.807, 2.05) is 0 Å². The molecule has 0 saturated heterocycles. The van der Waals surface area contributed by atoms with Gasteiger partial charge in [0.05, 0.1) is 10.4 Å². The summed E-state index contributed by atoms with van der Waals surface area (Å²) in [7, 11) is -3.76. The average Bonchev–Trinajstić information content (AvgIpc) is 2.52. The maximum atomic E-state index is 12.5. The van der Waals surface area contributed by atoms with Gasteiger partial charge in [0, 0.05) is 12.1 Å². The maximum absolute atomic E-state index is 12.5. The van der Waals surface area contributed by atoms with Crippen LogP contribution in [0.3, 0.4) is 0 Å². The van der Waals surface area contributed by atoms with Crippen LogP contribution in [0.25, 0.3) is 0 Å². The first-order valence-corrected chi connectivity index (χ1v) is 9.48. The van der Waals surface area contributed by atoms with Gasteiger partial charge in [-0.05, 0) is 37.1 Å². The van der Waals surface area contributed by atoms with Gasteiger partial charge in [-0.2, -0.15) is 0 Å². The molecule has 6 nitrogen and oxygen atoms in total. The molecule has 23 heavy (non-hydrogen) atoms. The summed E-state index contributed by atoms with van der Waals surface area (Å²) in [5.41, 5.74) is 5.91. The number of carbonyl (C=O) groups is 1. The Hall–Kier alpha value is -1.44. The Kier molecular flexibility index (Phi) is 7.18. The van der Waals surface area contributed by atoms with Crippen molar-refractivity contribution in [3.8, 4) is 0 Å². The highest BCUT2D eigenvalue weighted by Gasteiger charge is 2.29. The molecule has 0 spiro atoms. The van der Waals surface area contributed by atoms with E-state index in [0.29, 0.717) is 12.1 Å². The van der Waals surface area contributed by atoms with Gasteiger partial charge >= 0.3 is 0 Å². The van der Waals surface area contributed by atoms with Gasteiger partial charge in [-0.1, -0.05) is 33.1 Å². The highest BCUT2D eigenvalue weighted by atomic mass is 32.2. The van der Waals surface area contributed by atoms with Gasteiger partial charge < -0.3 is 11.1 Å². The average molecular weight is 341 g/mol. The van der Waals surface area contributed by atoms with E-state index >= 15 is 0 Å². The predicted molar refractivity (Wildman–Crippen MR) is 91.5 cm³/mol. The summed E-state index contributed by atoms with van der Waals surface area (Å²) < 4.78 is 22.5. The lowest BCUT2D eigenvalue weighted by atomic mass is 9.87. The highest BCUT2D eigenvalue weighted by molar-refractivity contribution is 7.89. The number of nitrogens with two attached hydrogens (primary N) is 2. The number of unbranched alkanes of at least 4 members (excludes halogenated alkanes) is 1. The lowest BCUT2D eigenvalue weighted by Crippen LogP contribution is -2.53. The summed E-state index contributed by atoms with van der Waals surface area (Å²) >= 11 is 0. The van der Waals surface area contributed by atoms with Crippen LogP contribution in [0.4, 0.5) is 0 Å². The number of rotatable bonds is 9. The van der Waals surface area contributed by atoms with E-state index in [1.54, 1.807) is 0 Å². The van der Waals surface area contributed by atoms with Gasteiger partial charge in [-0.3, -0.25) is 4.79 Å². The molecule has 1 aromatic carbocycles. The largest absolute Gasteiger partial charge is 0.345 e. The van der Waals surface area contributed by atoms with Gasteiger partial charge in [0.25, 0.3) is 5.91 Å². The van der Waals surface area contributed by atoms with Crippen molar-refractivity contribution < 1.29 is 13.2 Å². The molecule has 7 heteroatoms. The van der Waals surface area contributed by atoms with Gasteiger partial charge in [-0.25, -0.2) is 13.6 Å². The monoisotopic (exact) mass is 341 g/mol. The van der Waals surface area contributed by atoms with E-state index in [0.717, 1.165) is 32.1 Å². The number of sulfonamides is 1. The number of nitrogens with one attached hydrogen (secondary N) is 1. The molecular formula is C16H27N3O3S. The van der Waals surface area contributed by atoms with Crippen molar-refractivity contribution in [3.05, 3.63) is 29.8 Å². The summed E-state index contributed by atoms with van der Waals surface area (Å²) in [4.78, 5) is 12.5. The second kappa shape index (κ2) is 8.42. The Bertz CT molecular complexity index is 614. The first-order valence-electron chi connectivity index (χ1n) is 7.93. The van der Waals surface area contributed by atoms with E-state index in [2.05, 4.69) is 19.2 Å². The minimum atomic E-state index is -3.76. The molecular weight excluding hydrogens is 314 g/mol. The maximum Gasteiger partial charge on any atom is 0.251 e. The fourth-order valence-electron chi connectivity index (χ4n) is 2.61. The Labute approximate surface area is 138 Å². The molecule has 0 bridgehead atoms. The van der Waals surface area contributed by atoms with Crippen LogP contribution in [0.15, 0.2) is 29.2 Å². The van der Waals surface area contributed by atoms with Crippen LogP contribution in [-0.4, -0.2) is 26.4 Å². The quantitative estimate of drug-likeness (QED) is 0.634. The van der Waals surface area contributed by atoms with E-state index in [4.69, 9.17) is 10.9 Å². The number of hydrogen-bond donors (Lipinski definition) is 3.